The molecule has 0 aromatic heterocycles. The minimum atomic E-state index is -0.534. The number of methoxy groups -OCH3 is 2. The van der Waals surface area contributed by atoms with E-state index in [-0.39, 0.29) is 18.6 Å². The van der Waals surface area contributed by atoms with E-state index in [1.807, 2.05) is 30.6 Å². The first-order valence-electron chi connectivity index (χ1n) is 18.0. The van der Waals surface area contributed by atoms with Crippen molar-refractivity contribution in [1.82, 2.24) is 15.1 Å². The molecule has 48 heavy (non-hydrogen) atoms. The van der Waals surface area contributed by atoms with E-state index in [2.05, 4.69) is 56.2 Å². The molecule has 1 aliphatic heterocycles. The van der Waals surface area contributed by atoms with E-state index < -0.39 is 11.7 Å². The molecule has 0 bridgehead atoms. The van der Waals surface area contributed by atoms with Crippen LogP contribution < -0.4 is 5.32 Å². The summed E-state index contributed by atoms with van der Waals surface area (Å²) in [5, 5.41) is 2.66. The van der Waals surface area contributed by atoms with Crippen molar-refractivity contribution in [3.8, 4) is 11.8 Å². The number of nitrogens with one attached hydrogen (secondary N) is 1. The summed E-state index contributed by atoms with van der Waals surface area (Å²) >= 11 is 0. The molecule has 2 aliphatic rings. The van der Waals surface area contributed by atoms with Gasteiger partial charge in [-0.3, -0.25) is 0 Å². The van der Waals surface area contributed by atoms with Gasteiger partial charge in [0.25, 0.3) is 0 Å². The molecule has 1 unspecified atom stereocenters. The number of unbranched alkanes of at least 4 members (excludes halogenated alkanes) is 3. The number of allylic oxidation sites excluding steroid dienone is 5. The van der Waals surface area contributed by atoms with Gasteiger partial charge in [0.1, 0.15) is 22.9 Å². The molecule has 3 amide bonds. The molecule has 0 aromatic carbocycles. The molecule has 0 saturated carbocycles. The van der Waals surface area contributed by atoms with Crippen molar-refractivity contribution < 1.29 is 28.5 Å². The lowest BCUT2D eigenvalue weighted by atomic mass is 10.0. The van der Waals surface area contributed by atoms with Crippen molar-refractivity contribution in [3.63, 3.8) is 0 Å². The van der Waals surface area contributed by atoms with Gasteiger partial charge in [-0.1, -0.05) is 68.8 Å². The number of hydrogen-bond acceptors (Lipinski definition) is 6. The van der Waals surface area contributed by atoms with Gasteiger partial charge in [-0.25, -0.2) is 9.59 Å². The minimum absolute atomic E-state index is 0.102. The van der Waals surface area contributed by atoms with E-state index in [1.165, 1.54) is 18.4 Å². The summed E-state index contributed by atoms with van der Waals surface area (Å²) in [5.74, 6) is 8.94. The zero-order valence-electron chi connectivity index (χ0n) is 31.2. The SMILES string of the molecule is CCCCCO/C(CC)=C(/CCCCC(C)N1CCCN(CC2=C(OC)C/C=C(/CC#CCNC(=O)OC(C)(C)C)CC=C2)C1=O)OC. The van der Waals surface area contributed by atoms with E-state index >= 15 is 0 Å². The average Bonchev–Trinajstić information content (AvgIpc) is 3.03. The van der Waals surface area contributed by atoms with Crippen molar-refractivity contribution in [1.29, 1.82) is 0 Å². The molecule has 0 radical (unpaired) electrons. The molecule has 1 heterocycles. The van der Waals surface area contributed by atoms with Gasteiger partial charge in [-0.05, 0) is 59.8 Å². The molecule has 1 fully saturated rings. The Morgan fingerprint density at radius 2 is 1.83 bits per heavy atom. The maximum absolute atomic E-state index is 13.6. The number of carbonyl (C=O) groups is 2. The highest BCUT2D eigenvalue weighted by Gasteiger charge is 2.29. The molecular weight excluding hydrogens is 606 g/mol. The number of amides is 3. The topological polar surface area (TPSA) is 89.6 Å². The fourth-order valence-electron chi connectivity index (χ4n) is 5.80. The second kappa shape index (κ2) is 22.2. The first-order valence-corrected chi connectivity index (χ1v) is 18.0. The largest absolute Gasteiger partial charge is 0.500 e. The second-order valence-electron chi connectivity index (χ2n) is 13.5. The fourth-order valence-corrected chi connectivity index (χ4v) is 5.80. The van der Waals surface area contributed by atoms with Crippen molar-refractivity contribution in [2.75, 3.05) is 47.0 Å². The highest BCUT2D eigenvalue weighted by atomic mass is 16.6. The fraction of sp³-hybridized carbons (Fsp3) is 0.692. The van der Waals surface area contributed by atoms with Gasteiger partial charge < -0.3 is 34.1 Å². The van der Waals surface area contributed by atoms with Crippen LogP contribution in [0.25, 0.3) is 0 Å². The van der Waals surface area contributed by atoms with Crippen LogP contribution in [0.4, 0.5) is 9.59 Å². The first kappa shape index (κ1) is 40.6. The molecule has 270 valence electrons. The first-order chi connectivity index (χ1) is 23.0. The lowest BCUT2D eigenvalue weighted by Crippen LogP contribution is -2.53. The summed E-state index contributed by atoms with van der Waals surface area (Å²) in [7, 11) is 3.43. The van der Waals surface area contributed by atoms with E-state index in [0.717, 1.165) is 93.9 Å². The van der Waals surface area contributed by atoms with Gasteiger partial charge in [0.05, 0.1) is 33.9 Å². The lowest BCUT2D eigenvalue weighted by Gasteiger charge is -2.39. The van der Waals surface area contributed by atoms with Gasteiger partial charge in [-0.2, -0.15) is 0 Å². The van der Waals surface area contributed by atoms with Crippen LogP contribution in [0, 0.1) is 11.8 Å². The van der Waals surface area contributed by atoms with Crippen LogP contribution in [0.3, 0.4) is 0 Å². The van der Waals surface area contributed by atoms with E-state index in [1.54, 1.807) is 14.2 Å². The third-order valence-corrected chi connectivity index (χ3v) is 8.46. The van der Waals surface area contributed by atoms with Crippen LogP contribution in [0.2, 0.25) is 0 Å². The quantitative estimate of drug-likeness (QED) is 0.0680. The molecule has 9 heteroatoms. The Morgan fingerprint density at radius 1 is 1.04 bits per heavy atom. The smallest absolute Gasteiger partial charge is 0.408 e. The third-order valence-electron chi connectivity index (χ3n) is 8.46. The summed E-state index contributed by atoms with van der Waals surface area (Å²) in [5.41, 5.74) is 1.69. The predicted octanol–water partition coefficient (Wildman–Crippen LogP) is 8.63. The van der Waals surface area contributed by atoms with Gasteiger partial charge in [0.2, 0.25) is 0 Å². The van der Waals surface area contributed by atoms with Crippen LogP contribution >= 0.6 is 0 Å². The van der Waals surface area contributed by atoms with Crippen molar-refractivity contribution in [3.05, 3.63) is 46.7 Å². The molecule has 1 saturated heterocycles. The van der Waals surface area contributed by atoms with Gasteiger partial charge >= 0.3 is 12.1 Å². The number of ether oxygens (including phenoxy) is 4. The molecule has 0 spiro atoms. The molecule has 2 rings (SSSR count). The highest BCUT2D eigenvalue weighted by molar-refractivity contribution is 5.76. The van der Waals surface area contributed by atoms with Crippen LogP contribution in [0.5, 0.6) is 0 Å². The standard InChI is InChI=1S/C39H63N3O6/c1-9-11-16-29-47-34(10-2)36(46-8)23-13-12-19-31(3)42-28-18-27-41(38(42)44)30-33-22-17-21-32(24-25-35(33)45-7)20-14-15-26-40-37(43)48-39(4,5)6/h17,22,24,31H,9-13,16,18-21,23,25-30H2,1-8H3,(H,40,43)/b22-17?,32-24-,35-33?,36-34-. The Hall–Kier alpha value is -3.54. The van der Waals surface area contributed by atoms with Crippen LogP contribution in [0.1, 0.15) is 119 Å². The summed E-state index contributed by atoms with van der Waals surface area (Å²) in [6, 6.07) is 0.269. The Labute approximate surface area is 291 Å². The van der Waals surface area contributed by atoms with Gasteiger partial charge in [0, 0.05) is 50.4 Å². The summed E-state index contributed by atoms with van der Waals surface area (Å²) in [6.07, 6.45) is 17.0. The van der Waals surface area contributed by atoms with Crippen LogP contribution in [-0.2, 0) is 18.9 Å². The van der Waals surface area contributed by atoms with Crippen LogP contribution in [0.15, 0.2) is 46.7 Å². The molecule has 1 N–H and O–H groups in total. The Kier molecular flexibility index (Phi) is 18.8. The van der Waals surface area contributed by atoms with Gasteiger partial charge in [0.15, 0.2) is 0 Å². The minimum Gasteiger partial charge on any atom is -0.500 e. The summed E-state index contributed by atoms with van der Waals surface area (Å²) in [4.78, 5) is 29.4. The van der Waals surface area contributed by atoms with E-state index in [9.17, 15) is 9.59 Å². The molecular formula is C39H63N3O6. The number of hydrogen-bond donors (Lipinski definition) is 1. The highest BCUT2D eigenvalue weighted by Crippen LogP contribution is 2.25. The maximum Gasteiger partial charge on any atom is 0.408 e. The lowest BCUT2D eigenvalue weighted by molar-refractivity contribution is 0.0535. The molecule has 1 aliphatic carbocycles. The molecule has 9 nitrogen and oxygen atoms in total. The molecule has 1 atom stereocenters. The number of carbonyl (C=O) groups excluding carboxylic acids is 2. The number of urea groups is 1. The maximum atomic E-state index is 13.6. The van der Waals surface area contributed by atoms with Crippen molar-refractivity contribution in [2.45, 2.75) is 130 Å². The predicted molar refractivity (Wildman–Crippen MR) is 193 cm³/mol. The zero-order chi connectivity index (χ0) is 35.4. The van der Waals surface area contributed by atoms with Crippen molar-refractivity contribution >= 4 is 12.1 Å². The third kappa shape index (κ3) is 15.1. The zero-order valence-corrected chi connectivity index (χ0v) is 31.2. The monoisotopic (exact) mass is 669 g/mol. The normalized spacial score (nSPS) is 17.7. The summed E-state index contributed by atoms with van der Waals surface area (Å²) < 4.78 is 22.8. The summed E-state index contributed by atoms with van der Waals surface area (Å²) in [6.45, 7) is 15.0. The Morgan fingerprint density at radius 3 is 2.52 bits per heavy atom. The van der Waals surface area contributed by atoms with E-state index in [4.69, 9.17) is 18.9 Å². The van der Waals surface area contributed by atoms with E-state index in [0.29, 0.717) is 19.4 Å². The van der Waals surface area contributed by atoms with Crippen LogP contribution in [-0.4, -0.2) is 80.6 Å². The molecule has 0 aromatic rings. The Bertz CT molecular complexity index is 1200. The number of nitrogens with zero attached hydrogens (tertiary/aromatic N) is 2. The second-order valence-corrected chi connectivity index (χ2v) is 13.5. The number of alkyl carbamates (subject to hydrolysis) is 1. The Balaban J connectivity index is 1.89. The number of rotatable bonds is 18. The van der Waals surface area contributed by atoms with Crippen molar-refractivity contribution in [2.24, 2.45) is 0 Å². The van der Waals surface area contributed by atoms with Gasteiger partial charge in [-0.15, -0.1) is 0 Å². The average molecular weight is 670 g/mol.